The van der Waals surface area contributed by atoms with Crippen molar-refractivity contribution < 1.29 is 14.3 Å². The van der Waals surface area contributed by atoms with E-state index in [9.17, 15) is 4.79 Å². The van der Waals surface area contributed by atoms with Gasteiger partial charge in [-0.1, -0.05) is 30.3 Å². The van der Waals surface area contributed by atoms with Crippen LogP contribution in [0.1, 0.15) is 16.7 Å². The van der Waals surface area contributed by atoms with Gasteiger partial charge in [0, 0.05) is 24.5 Å². The Hall–Kier alpha value is -2.50. The smallest absolute Gasteiger partial charge is 0.228 e. The van der Waals surface area contributed by atoms with E-state index >= 15 is 0 Å². The molecule has 0 aliphatic carbocycles. The first kappa shape index (κ1) is 21.2. The van der Waals surface area contributed by atoms with Gasteiger partial charge >= 0.3 is 0 Å². The zero-order valence-electron chi connectivity index (χ0n) is 17.0. The molecule has 0 bridgehead atoms. The second kappa shape index (κ2) is 9.81. The van der Waals surface area contributed by atoms with Crippen LogP contribution in [0, 0.1) is 13.8 Å². The van der Waals surface area contributed by atoms with Crippen LogP contribution in [0.15, 0.2) is 43.0 Å². The van der Waals surface area contributed by atoms with Crippen LogP contribution in [-0.2, 0) is 16.0 Å². The topological polar surface area (TPSA) is 50.8 Å². The largest absolute Gasteiger partial charge is 0.488 e. The van der Waals surface area contributed by atoms with Crippen LogP contribution in [0.4, 0.5) is 11.4 Å². The molecule has 2 aromatic carbocycles. The van der Waals surface area contributed by atoms with Crippen molar-refractivity contribution in [3.8, 4) is 5.75 Å². The number of nitrogens with zero attached hydrogens (tertiary/aromatic N) is 1. The lowest BCUT2D eigenvalue weighted by Gasteiger charge is -2.30. The van der Waals surface area contributed by atoms with Gasteiger partial charge in [0.15, 0.2) is 0 Å². The van der Waals surface area contributed by atoms with Crippen molar-refractivity contribution in [2.45, 2.75) is 20.3 Å². The zero-order chi connectivity index (χ0) is 20.8. The minimum absolute atomic E-state index is 0.0776. The molecule has 29 heavy (non-hydrogen) atoms. The fourth-order valence-corrected chi connectivity index (χ4v) is 3.69. The summed E-state index contributed by atoms with van der Waals surface area (Å²) in [5.74, 6) is 0.507. The number of amides is 1. The molecule has 1 aliphatic rings. The van der Waals surface area contributed by atoms with Gasteiger partial charge in [0.1, 0.15) is 12.4 Å². The van der Waals surface area contributed by atoms with Crippen molar-refractivity contribution in [2.24, 2.45) is 0 Å². The van der Waals surface area contributed by atoms with E-state index in [0.717, 1.165) is 48.7 Å². The van der Waals surface area contributed by atoms with E-state index in [2.05, 4.69) is 28.9 Å². The van der Waals surface area contributed by atoms with E-state index in [1.807, 2.05) is 19.9 Å². The first-order chi connectivity index (χ1) is 14.0. The summed E-state index contributed by atoms with van der Waals surface area (Å²) in [5.41, 5.74) is 4.96. The highest BCUT2D eigenvalue weighted by molar-refractivity contribution is 6.32. The maximum atomic E-state index is 12.6. The van der Waals surface area contributed by atoms with Gasteiger partial charge in [-0.15, -0.1) is 0 Å². The molecule has 1 saturated heterocycles. The molecule has 1 aliphatic heterocycles. The number of halogens is 1. The molecule has 0 aromatic heterocycles. The number of nitrogens with one attached hydrogen (secondary N) is 1. The molecule has 0 radical (unpaired) electrons. The molecule has 1 amide bonds. The molecule has 1 heterocycles. The molecule has 0 atom stereocenters. The number of carbonyl (C=O) groups excluding carboxylic acids is 1. The highest BCUT2D eigenvalue weighted by atomic mass is 35.5. The van der Waals surface area contributed by atoms with E-state index in [1.54, 1.807) is 18.2 Å². The monoisotopic (exact) mass is 414 g/mol. The van der Waals surface area contributed by atoms with Crippen LogP contribution in [0.2, 0.25) is 5.02 Å². The lowest BCUT2D eigenvalue weighted by Crippen LogP contribution is -2.36. The fraction of sp³-hybridized carbons (Fsp3) is 0.348. The average Bonchev–Trinajstić information content (AvgIpc) is 2.70. The van der Waals surface area contributed by atoms with E-state index in [0.29, 0.717) is 17.4 Å². The van der Waals surface area contributed by atoms with Gasteiger partial charge in [0.2, 0.25) is 5.91 Å². The summed E-state index contributed by atoms with van der Waals surface area (Å²) < 4.78 is 10.9. The minimum atomic E-state index is -0.0776. The first-order valence-corrected chi connectivity index (χ1v) is 10.1. The summed E-state index contributed by atoms with van der Waals surface area (Å²) in [6.45, 7) is 11.3. The van der Waals surface area contributed by atoms with Crippen LogP contribution in [0.25, 0.3) is 0 Å². The summed E-state index contributed by atoms with van der Waals surface area (Å²) >= 11 is 6.25. The fourth-order valence-electron chi connectivity index (χ4n) is 3.43. The number of ether oxygens (including phenoxy) is 2. The van der Waals surface area contributed by atoms with Gasteiger partial charge in [0.25, 0.3) is 0 Å². The molecule has 0 unspecified atom stereocenters. The van der Waals surface area contributed by atoms with E-state index in [4.69, 9.17) is 21.1 Å². The molecule has 3 rings (SSSR count). The summed E-state index contributed by atoms with van der Waals surface area (Å²) in [5, 5.41) is 3.54. The van der Waals surface area contributed by atoms with E-state index in [-0.39, 0.29) is 12.3 Å². The van der Waals surface area contributed by atoms with Crippen molar-refractivity contribution in [3.05, 3.63) is 64.7 Å². The molecule has 154 valence electrons. The highest BCUT2D eigenvalue weighted by Crippen LogP contribution is 2.29. The quantitative estimate of drug-likeness (QED) is 0.676. The summed E-state index contributed by atoms with van der Waals surface area (Å²) in [6, 6.07) is 9.64. The Labute approximate surface area is 177 Å². The normalized spacial score (nSPS) is 13.8. The molecule has 6 heteroatoms. The third-order valence-electron chi connectivity index (χ3n) is 4.88. The number of morpholine rings is 1. The van der Waals surface area contributed by atoms with Crippen LogP contribution in [-0.4, -0.2) is 38.8 Å². The van der Waals surface area contributed by atoms with Gasteiger partial charge in [-0.25, -0.2) is 0 Å². The van der Waals surface area contributed by atoms with Crippen LogP contribution in [0.5, 0.6) is 5.75 Å². The third kappa shape index (κ3) is 5.52. The zero-order valence-corrected chi connectivity index (χ0v) is 17.7. The number of hydrogen-bond acceptors (Lipinski definition) is 4. The molecule has 0 saturated carbocycles. The number of aryl methyl sites for hydroxylation is 2. The third-order valence-corrected chi connectivity index (χ3v) is 5.17. The Morgan fingerprint density at radius 1 is 1.24 bits per heavy atom. The van der Waals surface area contributed by atoms with Gasteiger partial charge in [-0.2, -0.15) is 0 Å². The van der Waals surface area contributed by atoms with Crippen molar-refractivity contribution in [1.82, 2.24) is 0 Å². The van der Waals surface area contributed by atoms with E-state index < -0.39 is 0 Å². The van der Waals surface area contributed by atoms with Gasteiger partial charge in [-0.05, 0) is 54.8 Å². The maximum absolute atomic E-state index is 12.6. The predicted molar refractivity (Wildman–Crippen MR) is 118 cm³/mol. The number of carbonyl (C=O) groups is 1. The van der Waals surface area contributed by atoms with Gasteiger partial charge in [-0.3, -0.25) is 4.79 Å². The van der Waals surface area contributed by atoms with Crippen molar-refractivity contribution in [1.29, 1.82) is 0 Å². The Bertz CT molecular complexity index is 869. The average molecular weight is 415 g/mol. The predicted octanol–water partition coefficient (Wildman–Crippen LogP) is 4.54. The first-order valence-electron chi connectivity index (χ1n) is 9.74. The molecular weight excluding hydrogens is 388 g/mol. The lowest BCUT2D eigenvalue weighted by atomic mass is 10.1. The van der Waals surface area contributed by atoms with Gasteiger partial charge < -0.3 is 19.7 Å². The standard InChI is InChI=1S/C23H27ClN2O3/c1-4-9-29-21-6-5-18(14-20(21)24)15-22(27)25-23-16(2)12-19(13-17(23)3)26-7-10-28-11-8-26/h4-6,12-14H,1,7-11,15H2,2-3H3,(H,25,27). The Balaban J connectivity index is 1.67. The van der Waals surface area contributed by atoms with Crippen LogP contribution >= 0.6 is 11.6 Å². The Morgan fingerprint density at radius 2 is 1.93 bits per heavy atom. The summed E-state index contributed by atoms with van der Waals surface area (Å²) in [4.78, 5) is 14.9. The second-order valence-corrected chi connectivity index (χ2v) is 7.55. The van der Waals surface area contributed by atoms with Crippen molar-refractivity contribution in [3.63, 3.8) is 0 Å². The molecule has 2 aromatic rings. The maximum Gasteiger partial charge on any atom is 0.228 e. The molecule has 1 fully saturated rings. The SMILES string of the molecule is C=CCOc1ccc(CC(=O)Nc2c(C)cc(N3CCOCC3)cc2C)cc1Cl. The van der Waals surface area contributed by atoms with Crippen molar-refractivity contribution in [2.75, 3.05) is 43.1 Å². The second-order valence-electron chi connectivity index (χ2n) is 7.14. The van der Waals surface area contributed by atoms with Gasteiger partial charge in [0.05, 0.1) is 24.7 Å². The number of rotatable bonds is 7. The molecule has 5 nitrogen and oxygen atoms in total. The van der Waals surface area contributed by atoms with Crippen LogP contribution < -0.4 is 15.0 Å². The molecule has 1 N–H and O–H groups in total. The summed E-state index contributed by atoms with van der Waals surface area (Å²) in [6.07, 6.45) is 1.90. The number of benzene rings is 2. The van der Waals surface area contributed by atoms with Crippen molar-refractivity contribution >= 4 is 28.9 Å². The highest BCUT2D eigenvalue weighted by Gasteiger charge is 2.15. The molecular formula is C23H27ClN2O3. The lowest BCUT2D eigenvalue weighted by molar-refractivity contribution is -0.115. The minimum Gasteiger partial charge on any atom is -0.488 e. The van der Waals surface area contributed by atoms with Crippen LogP contribution in [0.3, 0.4) is 0 Å². The number of anilines is 2. The Morgan fingerprint density at radius 3 is 2.55 bits per heavy atom. The number of hydrogen-bond donors (Lipinski definition) is 1. The Kier molecular flexibility index (Phi) is 7.18. The van der Waals surface area contributed by atoms with E-state index in [1.165, 1.54) is 5.69 Å². The molecule has 0 spiro atoms. The summed E-state index contributed by atoms with van der Waals surface area (Å²) in [7, 11) is 0.